The van der Waals surface area contributed by atoms with Gasteiger partial charge in [-0.3, -0.25) is 9.69 Å². The summed E-state index contributed by atoms with van der Waals surface area (Å²) < 4.78 is 38.0. The number of benzene rings is 1. The zero-order chi connectivity index (χ0) is 21.0. The van der Waals surface area contributed by atoms with Gasteiger partial charge < -0.3 is 10.2 Å². The van der Waals surface area contributed by atoms with Crippen LogP contribution in [0, 0.1) is 0 Å². The van der Waals surface area contributed by atoms with Gasteiger partial charge in [0.15, 0.2) is 0 Å². The van der Waals surface area contributed by atoms with Crippen LogP contribution in [0.5, 0.6) is 0 Å². The number of aromatic nitrogens is 1. The van der Waals surface area contributed by atoms with Crippen molar-refractivity contribution in [3.05, 3.63) is 53.7 Å². The van der Waals surface area contributed by atoms with Crippen LogP contribution in [0.15, 0.2) is 42.6 Å². The molecule has 1 aromatic carbocycles. The molecule has 0 aliphatic carbocycles. The van der Waals surface area contributed by atoms with Gasteiger partial charge in [-0.2, -0.15) is 13.2 Å². The van der Waals surface area contributed by atoms with Crippen molar-refractivity contribution in [1.82, 2.24) is 9.88 Å². The van der Waals surface area contributed by atoms with Crippen LogP contribution < -0.4 is 10.2 Å². The molecule has 156 valence electrons. The van der Waals surface area contributed by atoms with Crippen LogP contribution in [0.25, 0.3) is 0 Å². The van der Waals surface area contributed by atoms with Gasteiger partial charge in [-0.1, -0.05) is 19.1 Å². The number of aryl methyl sites for hydroxylation is 1. The fourth-order valence-electron chi connectivity index (χ4n) is 3.32. The van der Waals surface area contributed by atoms with Gasteiger partial charge in [-0.05, 0) is 43.2 Å². The first kappa shape index (κ1) is 21.1. The Hall–Kier alpha value is -2.61. The van der Waals surface area contributed by atoms with Crippen molar-refractivity contribution in [2.45, 2.75) is 32.5 Å². The normalized spacial score (nSPS) is 16.5. The maximum Gasteiger partial charge on any atom is 0.417 e. The number of amides is 1. The van der Waals surface area contributed by atoms with Gasteiger partial charge in [-0.25, -0.2) is 4.98 Å². The maximum atomic E-state index is 12.7. The third kappa shape index (κ3) is 5.26. The molecule has 1 fully saturated rings. The minimum atomic E-state index is -4.39. The Balaban J connectivity index is 1.53. The van der Waals surface area contributed by atoms with E-state index in [4.69, 9.17) is 0 Å². The van der Waals surface area contributed by atoms with Crippen molar-refractivity contribution in [3.8, 4) is 0 Å². The number of carbonyl (C=O) groups is 1. The molecule has 0 spiro atoms. The Morgan fingerprint density at radius 3 is 2.28 bits per heavy atom. The Bertz CT molecular complexity index is 813. The lowest BCUT2D eigenvalue weighted by Gasteiger charge is -2.38. The van der Waals surface area contributed by atoms with E-state index in [0.717, 1.165) is 24.4 Å². The van der Waals surface area contributed by atoms with E-state index in [1.807, 2.05) is 36.1 Å². The van der Waals surface area contributed by atoms with Crippen LogP contribution >= 0.6 is 0 Å². The summed E-state index contributed by atoms with van der Waals surface area (Å²) in [6, 6.07) is 9.94. The monoisotopic (exact) mass is 406 g/mol. The quantitative estimate of drug-likeness (QED) is 0.820. The second kappa shape index (κ2) is 8.82. The second-order valence-corrected chi connectivity index (χ2v) is 7.14. The molecule has 2 aromatic rings. The summed E-state index contributed by atoms with van der Waals surface area (Å²) in [6.07, 6.45) is -2.58. The van der Waals surface area contributed by atoms with Crippen LogP contribution in [-0.4, -0.2) is 48.0 Å². The molecule has 3 rings (SSSR count). The van der Waals surface area contributed by atoms with Crippen molar-refractivity contribution in [2.24, 2.45) is 0 Å². The zero-order valence-electron chi connectivity index (χ0n) is 16.5. The van der Waals surface area contributed by atoms with E-state index >= 15 is 0 Å². The lowest BCUT2D eigenvalue weighted by atomic mass is 10.1. The maximum absolute atomic E-state index is 12.7. The number of anilines is 2. The van der Waals surface area contributed by atoms with Crippen molar-refractivity contribution in [1.29, 1.82) is 0 Å². The molecule has 0 bridgehead atoms. The molecular formula is C21H25F3N4O. The number of hydrogen-bond acceptors (Lipinski definition) is 4. The lowest BCUT2D eigenvalue weighted by molar-refractivity contribution is -0.137. The Kier molecular flexibility index (Phi) is 6.42. The molecule has 1 unspecified atom stereocenters. The first-order valence-electron chi connectivity index (χ1n) is 9.70. The van der Waals surface area contributed by atoms with Crippen molar-refractivity contribution >= 4 is 17.4 Å². The van der Waals surface area contributed by atoms with Crippen LogP contribution in [0.1, 0.15) is 25.0 Å². The number of nitrogens with one attached hydrogen (secondary N) is 1. The highest BCUT2D eigenvalue weighted by Gasteiger charge is 2.31. The minimum absolute atomic E-state index is 0.0737. The van der Waals surface area contributed by atoms with E-state index in [-0.39, 0.29) is 11.9 Å². The van der Waals surface area contributed by atoms with Gasteiger partial charge in [0.2, 0.25) is 5.91 Å². The number of halogens is 3. The van der Waals surface area contributed by atoms with Crippen LogP contribution in [0.4, 0.5) is 24.7 Å². The minimum Gasteiger partial charge on any atom is -0.354 e. The van der Waals surface area contributed by atoms with E-state index in [2.05, 4.69) is 22.1 Å². The van der Waals surface area contributed by atoms with E-state index < -0.39 is 11.7 Å². The van der Waals surface area contributed by atoms with Gasteiger partial charge in [0.05, 0.1) is 11.6 Å². The molecule has 1 aliphatic rings. The van der Waals surface area contributed by atoms with Gasteiger partial charge in [0.1, 0.15) is 5.82 Å². The van der Waals surface area contributed by atoms with Crippen molar-refractivity contribution < 1.29 is 18.0 Å². The Morgan fingerprint density at radius 1 is 1.10 bits per heavy atom. The highest BCUT2D eigenvalue weighted by molar-refractivity contribution is 5.94. The van der Waals surface area contributed by atoms with E-state index in [0.29, 0.717) is 32.0 Å². The average Bonchev–Trinajstić information content (AvgIpc) is 2.73. The molecule has 1 aliphatic heterocycles. The summed E-state index contributed by atoms with van der Waals surface area (Å²) in [5, 5.41) is 2.94. The predicted octanol–water partition coefficient (Wildman–Crippen LogP) is 3.81. The third-order valence-corrected chi connectivity index (χ3v) is 5.27. The standard InChI is InChI=1S/C21H25F3N4O/c1-3-16-4-7-18(8-5-16)26-20(29)15(2)27-10-12-28(13-11-27)19-9-6-17(14-25-19)21(22,23)24/h4-9,14-15H,3,10-13H2,1-2H3,(H,26,29). The summed E-state index contributed by atoms with van der Waals surface area (Å²) >= 11 is 0. The molecule has 0 radical (unpaired) electrons. The van der Waals surface area contributed by atoms with Crippen LogP contribution in [-0.2, 0) is 17.4 Å². The molecular weight excluding hydrogens is 381 g/mol. The summed E-state index contributed by atoms with van der Waals surface area (Å²) in [5.74, 6) is 0.445. The van der Waals surface area contributed by atoms with E-state index in [1.54, 1.807) is 0 Å². The first-order valence-corrected chi connectivity index (χ1v) is 9.70. The summed E-state index contributed by atoms with van der Waals surface area (Å²) in [4.78, 5) is 20.5. The van der Waals surface area contributed by atoms with Gasteiger partial charge >= 0.3 is 6.18 Å². The Morgan fingerprint density at radius 2 is 1.76 bits per heavy atom. The first-order chi connectivity index (χ1) is 13.8. The molecule has 29 heavy (non-hydrogen) atoms. The molecule has 1 amide bonds. The predicted molar refractivity (Wildman–Crippen MR) is 107 cm³/mol. The summed E-state index contributed by atoms with van der Waals surface area (Å²) in [5.41, 5.74) is 1.23. The van der Waals surface area contributed by atoms with E-state index in [1.165, 1.54) is 11.6 Å². The molecule has 1 saturated heterocycles. The molecule has 1 N–H and O–H groups in total. The van der Waals surface area contributed by atoms with Gasteiger partial charge in [0.25, 0.3) is 0 Å². The molecule has 1 atom stereocenters. The van der Waals surface area contributed by atoms with Gasteiger partial charge in [-0.15, -0.1) is 0 Å². The number of carbonyl (C=O) groups excluding carboxylic acids is 1. The number of piperazine rings is 1. The highest BCUT2D eigenvalue weighted by Crippen LogP contribution is 2.29. The molecule has 8 heteroatoms. The average molecular weight is 406 g/mol. The number of pyridine rings is 1. The largest absolute Gasteiger partial charge is 0.417 e. The van der Waals surface area contributed by atoms with Gasteiger partial charge in [0, 0.05) is 38.1 Å². The lowest BCUT2D eigenvalue weighted by Crippen LogP contribution is -2.53. The molecule has 0 saturated carbocycles. The molecule has 5 nitrogen and oxygen atoms in total. The fraction of sp³-hybridized carbons (Fsp3) is 0.429. The van der Waals surface area contributed by atoms with E-state index in [9.17, 15) is 18.0 Å². The molecule has 2 heterocycles. The third-order valence-electron chi connectivity index (χ3n) is 5.27. The van der Waals surface area contributed by atoms with Crippen molar-refractivity contribution in [2.75, 3.05) is 36.4 Å². The van der Waals surface area contributed by atoms with Crippen molar-refractivity contribution in [3.63, 3.8) is 0 Å². The number of nitrogens with zero attached hydrogens (tertiary/aromatic N) is 3. The highest BCUT2D eigenvalue weighted by atomic mass is 19.4. The van der Waals surface area contributed by atoms with Crippen LogP contribution in [0.2, 0.25) is 0 Å². The summed E-state index contributed by atoms with van der Waals surface area (Å²) in [7, 11) is 0. The topological polar surface area (TPSA) is 48.5 Å². The number of alkyl halides is 3. The SMILES string of the molecule is CCc1ccc(NC(=O)C(C)N2CCN(c3ccc(C(F)(F)F)cn3)CC2)cc1. The Labute approximate surface area is 168 Å². The number of hydrogen-bond donors (Lipinski definition) is 1. The zero-order valence-corrected chi connectivity index (χ0v) is 16.5. The summed E-state index contributed by atoms with van der Waals surface area (Å²) in [6.45, 7) is 6.40. The van der Waals surface area contributed by atoms with Crippen LogP contribution in [0.3, 0.4) is 0 Å². The smallest absolute Gasteiger partial charge is 0.354 e. The number of rotatable bonds is 5. The second-order valence-electron chi connectivity index (χ2n) is 7.14. The molecule has 1 aromatic heterocycles. The fourth-order valence-corrected chi connectivity index (χ4v) is 3.32.